The second kappa shape index (κ2) is 6.70. The highest BCUT2D eigenvalue weighted by molar-refractivity contribution is 5.79. The van der Waals surface area contributed by atoms with E-state index in [2.05, 4.69) is 5.10 Å². The molecule has 0 amide bonds. The van der Waals surface area contributed by atoms with Crippen molar-refractivity contribution in [2.45, 2.75) is 31.3 Å². The molecule has 1 saturated carbocycles. The van der Waals surface area contributed by atoms with Gasteiger partial charge in [0.15, 0.2) is 0 Å². The Balaban J connectivity index is 1.83. The van der Waals surface area contributed by atoms with Gasteiger partial charge in [-0.25, -0.2) is 13.5 Å². The van der Waals surface area contributed by atoms with Crippen LogP contribution in [0.3, 0.4) is 0 Å². The lowest BCUT2D eigenvalue weighted by Gasteiger charge is -2.29. The quantitative estimate of drug-likeness (QED) is 0.756. The summed E-state index contributed by atoms with van der Waals surface area (Å²) in [6.45, 7) is 0. The Morgan fingerprint density at radius 2 is 1.48 bits per heavy atom. The summed E-state index contributed by atoms with van der Waals surface area (Å²) in [7, 11) is 0. The van der Waals surface area contributed by atoms with Gasteiger partial charge in [-0.05, 0) is 67.4 Å². The van der Waals surface area contributed by atoms with Crippen LogP contribution in [0.5, 0.6) is 0 Å². The van der Waals surface area contributed by atoms with E-state index in [1.54, 1.807) is 35.0 Å². The Morgan fingerprint density at radius 3 is 2.07 bits per heavy atom. The molecule has 1 heterocycles. The maximum absolute atomic E-state index is 13.3. The van der Waals surface area contributed by atoms with E-state index in [9.17, 15) is 18.7 Å². The van der Waals surface area contributed by atoms with Gasteiger partial charge >= 0.3 is 0 Å². The fourth-order valence-corrected chi connectivity index (χ4v) is 3.41. The first-order chi connectivity index (χ1) is 12.9. The normalized spacial score (nSPS) is 16.5. The van der Waals surface area contributed by atoms with Crippen molar-refractivity contribution in [2.24, 2.45) is 0 Å². The molecule has 2 aromatic carbocycles. The molecule has 4 nitrogen and oxygen atoms in total. The lowest BCUT2D eigenvalue weighted by molar-refractivity contribution is -0.125. The van der Waals surface area contributed by atoms with Crippen molar-refractivity contribution in [3.8, 4) is 16.9 Å². The fraction of sp³-hybridized carbons (Fsp3) is 0.238. The topological polar surface area (TPSA) is 55.1 Å². The van der Waals surface area contributed by atoms with Crippen LogP contribution in [0.1, 0.15) is 31.4 Å². The van der Waals surface area contributed by atoms with Gasteiger partial charge in [0, 0.05) is 18.4 Å². The van der Waals surface area contributed by atoms with Gasteiger partial charge < -0.3 is 5.11 Å². The summed E-state index contributed by atoms with van der Waals surface area (Å²) in [5.74, 6) is -0.577. The molecular weight excluding hydrogens is 350 g/mol. The van der Waals surface area contributed by atoms with Gasteiger partial charge in [-0.1, -0.05) is 0 Å². The maximum atomic E-state index is 13.3. The van der Waals surface area contributed by atoms with Crippen molar-refractivity contribution < 1.29 is 18.7 Å². The predicted octanol–water partition coefficient (Wildman–Crippen LogP) is 4.15. The van der Waals surface area contributed by atoms with Crippen LogP contribution >= 0.6 is 0 Å². The van der Waals surface area contributed by atoms with Crippen molar-refractivity contribution in [1.29, 1.82) is 0 Å². The molecule has 0 aliphatic heterocycles. The molecule has 0 radical (unpaired) electrons. The van der Waals surface area contributed by atoms with E-state index in [1.165, 1.54) is 24.3 Å². The van der Waals surface area contributed by atoms with Gasteiger partial charge in [0.05, 0.1) is 17.1 Å². The van der Waals surface area contributed by atoms with Gasteiger partial charge in [0.25, 0.3) is 0 Å². The van der Waals surface area contributed by atoms with Gasteiger partial charge in [0.1, 0.15) is 23.0 Å². The number of Topliss-reactive ketones (excluding diaryl/α,β-unsaturated/α-hetero) is 1. The average Bonchev–Trinajstić information content (AvgIpc) is 3.12. The molecule has 27 heavy (non-hydrogen) atoms. The number of rotatable bonds is 3. The second-order valence-electron chi connectivity index (χ2n) is 6.88. The summed E-state index contributed by atoms with van der Waals surface area (Å²) in [6, 6.07) is 13.6. The van der Waals surface area contributed by atoms with Crippen LogP contribution in [0.25, 0.3) is 16.9 Å². The number of benzene rings is 2. The van der Waals surface area contributed by atoms with Crippen molar-refractivity contribution in [3.05, 3.63) is 71.9 Å². The Kier molecular flexibility index (Phi) is 4.36. The number of hydrogen-bond acceptors (Lipinski definition) is 3. The van der Waals surface area contributed by atoms with E-state index >= 15 is 0 Å². The second-order valence-corrected chi connectivity index (χ2v) is 6.88. The summed E-state index contributed by atoms with van der Waals surface area (Å²) in [6.07, 6.45) is 1.25. The molecule has 1 fully saturated rings. The van der Waals surface area contributed by atoms with Gasteiger partial charge in [-0.3, -0.25) is 4.79 Å². The van der Waals surface area contributed by atoms with Crippen LogP contribution in [0.4, 0.5) is 8.78 Å². The van der Waals surface area contributed by atoms with Crippen LogP contribution < -0.4 is 0 Å². The fourth-order valence-electron chi connectivity index (χ4n) is 3.41. The first kappa shape index (κ1) is 17.5. The molecule has 0 bridgehead atoms. The Morgan fingerprint density at radius 1 is 0.926 bits per heavy atom. The smallest absolute Gasteiger partial charge is 0.133 e. The minimum absolute atomic E-state index is 0.136. The number of aliphatic hydroxyl groups is 1. The van der Waals surface area contributed by atoms with Crippen LogP contribution in [-0.4, -0.2) is 20.7 Å². The van der Waals surface area contributed by atoms with Gasteiger partial charge in [0.2, 0.25) is 0 Å². The zero-order valence-corrected chi connectivity index (χ0v) is 14.5. The number of carbonyl (C=O) groups excluding carboxylic acids is 1. The average molecular weight is 368 g/mol. The highest BCUT2D eigenvalue weighted by atomic mass is 19.1. The molecule has 1 aromatic heterocycles. The number of aromatic nitrogens is 2. The highest BCUT2D eigenvalue weighted by Gasteiger charge is 2.37. The number of carbonyl (C=O) groups is 1. The minimum Gasteiger partial charge on any atom is -0.383 e. The maximum Gasteiger partial charge on any atom is 0.133 e. The number of hydrogen-bond donors (Lipinski definition) is 1. The third-order valence-electron chi connectivity index (χ3n) is 5.03. The Bertz CT molecular complexity index is 905. The number of nitrogens with zero attached hydrogens (tertiary/aromatic N) is 2. The van der Waals surface area contributed by atoms with Gasteiger partial charge in [-0.2, -0.15) is 5.10 Å². The van der Waals surface area contributed by atoms with Crippen LogP contribution in [-0.2, 0) is 10.4 Å². The molecule has 6 heteroatoms. The minimum atomic E-state index is -1.19. The number of halogens is 2. The summed E-state index contributed by atoms with van der Waals surface area (Å²) >= 11 is 0. The standard InChI is InChI=1S/C21H18F2N2O2/c22-15-3-1-14(2-4-15)19-13-20(21(27)11-9-18(26)10-12-21)24-25(19)17-7-5-16(23)6-8-17/h1-8,13,27H,9-12H2. The van der Waals surface area contributed by atoms with Crippen molar-refractivity contribution >= 4 is 5.78 Å². The van der Waals surface area contributed by atoms with E-state index in [4.69, 9.17) is 0 Å². The van der Waals surface area contributed by atoms with E-state index in [1.807, 2.05) is 0 Å². The van der Waals surface area contributed by atoms with Crippen molar-refractivity contribution in [2.75, 3.05) is 0 Å². The lowest BCUT2D eigenvalue weighted by Crippen LogP contribution is -2.32. The van der Waals surface area contributed by atoms with Crippen LogP contribution in [0, 0.1) is 11.6 Å². The van der Waals surface area contributed by atoms with Gasteiger partial charge in [-0.15, -0.1) is 0 Å². The molecule has 0 spiro atoms. The third-order valence-corrected chi connectivity index (χ3v) is 5.03. The molecule has 1 N–H and O–H groups in total. The van der Waals surface area contributed by atoms with Crippen LogP contribution in [0.15, 0.2) is 54.6 Å². The first-order valence-corrected chi connectivity index (χ1v) is 8.81. The molecule has 0 atom stereocenters. The molecule has 1 aliphatic carbocycles. The summed E-state index contributed by atoms with van der Waals surface area (Å²) in [5, 5.41) is 15.6. The Labute approximate surface area is 155 Å². The summed E-state index contributed by atoms with van der Waals surface area (Å²) in [4.78, 5) is 11.6. The monoisotopic (exact) mass is 368 g/mol. The van der Waals surface area contributed by atoms with E-state index in [0.29, 0.717) is 42.8 Å². The summed E-state index contributed by atoms with van der Waals surface area (Å²) in [5.41, 5.74) is 1.27. The molecular formula is C21H18F2N2O2. The zero-order chi connectivity index (χ0) is 19.0. The molecule has 3 aromatic rings. The molecule has 138 valence electrons. The lowest BCUT2D eigenvalue weighted by atomic mass is 9.82. The molecule has 0 unspecified atom stereocenters. The first-order valence-electron chi connectivity index (χ1n) is 8.81. The van der Waals surface area contributed by atoms with Crippen molar-refractivity contribution in [3.63, 3.8) is 0 Å². The van der Waals surface area contributed by atoms with Crippen LogP contribution in [0.2, 0.25) is 0 Å². The zero-order valence-electron chi connectivity index (χ0n) is 14.5. The predicted molar refractivity (Wildman–Crippen MR) is 96.3 cm³/mol. The Hall–Kier alpha value is -2.86. The largest absolute Gasteiger partial charge is 0.383 e. The number of ketones is 1. The molecule has 0 saturated heterocycles. The van der Waals surface area contributed by atoms with E-state index in [0.717, 1.165) is 5.56 Å². The van der Waals surface area contributed by atoms with E-state index < -0.39 is 5.60 Å². The summed E-state index contributed by atoms with van der Waals surface area (Å²) < 4.78 is 28.3. The SMILES string of the molecule is O=C1CCC(O)(c2cc(-c3ccc(F)cc3)n(-c3ccc(F)cc3)n2)CC1. The molecule has 4 rings (SSSR count). The highest BCUT2D eigenvalue weighted by Crippen LogP contribution is 2.37. The third kappa shape index (κ3) is 3.40. The van der Waals surface area contributed by atoms with Crippen molar-refractivity contribution in [1.82, 2.24) is 9.78 Å². The van der Waals surface area contributed by atoms with E-state index in [-0.39, 0.29) is 17.4 Å². The molecule has 1 aliphatic rings.